The average Bonchev–Trinajstić information content (AvgIpc) is 2.58. The number of hydrogen-bond acceptors (Lipinski definition) is 1. The van der Waals surface area contributed by atoms with E-state index < -0.39 is 0 Å². The third-order valence-corrected chi connectivity index (χ3v) is 1.60. The van der Waals surface area contributed by atoms with E-state index in [9.17, 15) is 4.79 Å². The van der Waals surface area contributed by atoms with E-state index in [-0.39, 0.29) is 0 Å². The topological polar surface area (TPSA) is 20.3 Å². The normalized spacial score (nSPS) is 20.1. The zero-order valence-corrected chi connectivity index (χ0v) is 9.13. The van der Waals surface area contributed by atoms with E-state index in [1.165, 1.54) is 6.42 Å². The van der Waals surface area contributed by atoms with Crippen molar-refractivity contribution in [2.45, 2.75) is 41.0 Å². The average molecular weight is 173 g/mol. The van der Waals surface area contributed by atoms with Gasteiger partial charge in [0.2, 0.25) is 6.41 Å². The summed E-state index contributed by atoms with van der Waals surface area (Å²) in [6.45, 7) is 12.1. The Morgan fingerprint density at radius 1 is 1.25 bits per heavy atom. The Morgan fingerprint density at radius 2 is 1.75 bits per heavy atom. The second kappa shape index (κ2) is 10.5. The molecule has 0 N–H and O–H groups in total. The summed E-state index contributed by atoms with van der Waals surface area (Å²) in [6.07, 6.45) is 2.11. The molecule has 1 atom stereocenters. The summed E-state index contributed by atoms with van der Waals surface area (Å²) < 4.78 is 0. The predicted molar refractivity (Wildman–Crippen MR) is 54.1 cm³/mol. The Morgan fingerprint density at radius 3 is 1.92 bits per heavy atom. The van der Waals surface area contributed by atoms with Crippen LogP contribution >= 0.6 is 0 Å². The Labute approximate surface area is 77.0 Å². The lowest BCUT2D eigenvalue weighted by Crippen LogP contribution is -2.17. The maximum absolute atomic E-state index is 10.1. The lowest BCUT2D eigenvalue weighted by molar-refractivity contribution is -0.117. The van der Waals surface area contributed by atoms with Gasteiger partial charge in [0.05, 0.1) is 0 Å². The van der Waals surface area contributed by atoms with Crippen LogP contribution in [0, 0.1) is 5.92 Å². The summed E-state index contributed by atoms with van der Waals surface area (Å²) in [5.74, 6) is 0.722. The first-order valence-electron chi connectivity index (χ1n) is 5.02. The van der Waals surface area contributed by atoms with Crippen molar-refractivity contribution in [3.05, 3.63) is 0 Å². The van der Waals surface area contributed by atoms with E-state index in [0.717, 1.165) is 25.4 Å². The highest BCUT2D eigenvalue weighted by Gasteiger charge is 2.15. The number of carbonyl (C=O) groups excluding carboxylic acids is 1. The van der Waals surface area contributed by atoms with E-state index in [2.05, 4.69) is 6.92 Å². The van der Waals surface area contributed by atoms with Crippen LogP contribution in [0.5, 0.6) is 0 Å². The molecule has 0 aromatic heterocycles. The maximum Gasteiger partial charge on any atom is 0.209 e. The summed E-state index contributed by atoms with van der Waals surface area (Å²) in [5.41, 5.74) is 0. The molecule has 0 spiro atoms. The van der Waals surface area contributed by atoms with Crippen molar-refractivity contribution in [3.8, 4) is 0 Å². The fourth-order valence-corrected chi connectivity index (χ4v) is 1.06. The number of nitrogens with zero attached hydrogens (tertiary/aromatic N) is 1. The molecule has 1 amide bonds. The van der Waals surface area contributed by atoms with E-state index >= 15 is 0 Å². The summed E-state index contributed by atoms with van der Waals surface area (Å²) in [6, 6.07) is 0. The predicted octanol–water partition coefficient (Wildman–Crippen LogP) is 2.54. The van der Waals surface area contributed by atoms with Gasteiger partial charge in [-0.3, -0.25) is 4.79 Å². The van der Waals surface area contributed by atoms with Crippen LogP contribution in [0.2, 0.25) is 0 Å². The molecule has 1 fully saturated rings. The number of amides is 1. The van der Waals surface area contributed by atoms with Crippen molar-refractivity contribution < 1.29 is 4.79 Å². The fraction of sp³-hybridized carbons (Fsp3) is 0.900. The van der Waals surface area contributed by atoms with Crippen LogP contribution < -0.4 is 0 Å². The second-order valence-electron chi connectivity index (χ2n) is 2.49. The van der Waals surface area contributed by atoms with Gasteiger partial charge in [-0.1, -0.05) is 34.6 Å². The number of rotatable bonds is 1. The van der Waals surface area contributed by atoms with Gasteiger partial charge >= 0.3 is 0 Å². The van der Waals surface area contributed by atoms with Gasteiger partial charge in [-0.2, -0.15) is 0 Å². The zero-order chi connectivity index (χ0) is 9.98. The van der Waals surface area contributed by atoms with Gasteiger partial charge in [0.15, 0.2) is 0 Å². The largest absolute Gasteiger partial charge is 0.345 e. The molecule has 74 valence electrons. The standard InChI is InChI=1S/C6H11NO.2C2H6/c1-6-2-3-7(4-6)5-8;2*1-2/h5-6H,2-4H2,1H3;2*1-2H3. The zero-order valence-electron chi connectivity index (χ0n) is 9.13. The lowest BCUT2D eigenvalue weighted by Gasteiger charge is -2.04. The fourth-order valence-electron chi connectivity index (χ4n) is 1.06. The Bertz CT molecular complexity index is 93.8. The van der Waals surface area contributed by atoms with Crippen LogP contribution in [-0.2, 0) is 4.79 Å². The monoisotopic (exact) mass is 173 g/mol. The SMILES string of the molecule is CC.CC.CC1CCN(C=O)C1. The molecule has 1 unspecified atom stereocenters. The molecular weight excluding hydrogens is 150 g/mol. The van der Waals surface area contributed by atoms with E-state index in [4.69, 9.17) is 0 Å². The van der Waals surface area contributed by atoms with Crippen molar-refractivity contribution >= 4 is 6.41 Å². The maximum atomic E-state index is 10.1. The number of hydrogen-bond donors (Lipinski definition) is 0. The third-order valence-electron chi connectivity index (χ3n) is 1.60. The highest BCUT2D eigenvalue weighted by Crippen LogP contribution is 2.11. The Kier molecular flexibility index (Phi) is 12.2. The molecule has 0 bridgehead atoms. The summed E-state index contributed by atoms with van der Waals surface area (Å²) in [4.78, 5) is 11.9. The molecule has 0 saturated carbocycles. The van der Waals surface area contributed by atoms with Crippen LogP contribution in [0.3, 0.4) is 0 Å². The molecule has 0 aromatic rings. The molecule has 2 nitrogen and oxygen atoms in total. The third kappa shape index (κ3) is 6.20. The summed E-state index contributed by atoms with van der Waals surface area (Å²) in [5, 5.41) is 0. The molecule has 1 heterocycles. The van der Waals surface area contributed by atoms with Crippen molar-refractivity contribution in [3.63, 3.8) is 0 Å². The summed E-state index contributed by atoms with van der Waals surface area (Å²) >= 11 is 0. The van der Waals surface area contributed by atoms with Gasteiger partial charge in [-0.05, 0) is 12.3 Å². The summed E-state index contributed by atoms with van der Waals surface area (Å²) in [7, 11) is 0. The van der Waals surface area contributed by atoms with Crippen LogP contribution in [0.1, 0.15) is 41.0 Å². The second-order valence-corrected chi connectivity index (χ2v) is 2.49. The van der Waals surface area contributed by atoms with Crippen molar-refractivity contribution in [1.29, 1.82) is 0 Å². The molecule has 1 aliphatic rings. The highest BCUT2D eigenvalue weighted by molar-refractivity contribution is 5.47. The molecule has 1 rings (SSSR count). The van der Waals surface area contributed by atoms with Crippen LogP contribution in [0.25, 0.3) is 0 Å². The lowest BCUT2D eigenvalue weighted by atomic mass is 10.2. The molecule has 1 aliphatic heterocycles. The van der Waals surface area contributed by atoms with E-state index in [1.54, 1.807) is 0 Å². The minimum absolute atomic E-state index is 0.722. The van der Waals surface area contributed by atoms with Crippen molar-refractivity contribution in [1.82, 2.24) is 4.90 Å². The van der Waals surface area contributed by atoms with Crippen LogP contribution in [0.15, 0.2) is 0 Å². The smallest absolute Gasteiger partial charge is 0.209 e. The first-order valence-corrected chi connectivity index (χ1v) is 5.02. The van der Waals surface area contributed by atoms with Gasteiger partial charge in [0, 0.05) is 13.1 Å². The minimum atomic E-state index is 0.722. The van der Waals surface area contributed by atoms with Crippen molar-refractivity contribution in [2.24, 2.45) is 5.92 Å². The van der Waals surface area contributed by atoms with Gasteiger partial charge in [-0.25, -0.2) is 0 Å². The van der Waals surface area contributed by atoms with Crippen LogP contribution in [-0.4, -0.2) is 24.4 Å². The Balaban J connectivity index is 0. The van der Waals surface area contributed by atoms with E-state index in [0.29, 0.717) is 0 Å². The molecule has 12 heavy (non-hydrogen) atoms. The van der Waals surface area contributed by atoms with Gasteiger partial charge in [-0.15, -0.1) is 0 Å². The quantitative estimate of drug-likeness (QED) is 0.558. The molecule has 2 heteroatoms. The molecule has 0 aliphatic carbocycles. The van der Waals surface area contributed by atoms with E-state index in [1.807, 2.05) is 32.6 Å². The molecular formula is C10H23NO. The van der Waals surface area contributed by atoms with Gasteiger partial charge in [0.1, 0.15) is 0 Å². The minimum Gasteiger partial charge on any atom is -0.345 e. The first-order chi connectivity index (χ1) is 5.83. The number of likely N-dealkylation sites (tertiary alicyclic amines) is 1. The molecule has 1 saturated heterocycles. The van der Waals surface area contributed by atoms with Gasteiger partial charge < -0.3 is 4.90 Å². The van der Waals surface area contributed by atoms with Gasteiger partial charge in [0.25, 0.3) is 0 Å². The van der Waals surface area contributed by atoms with Crippen LogP contribution in [0.4, 0.5) is 0 Å². The number of carbonyl (C=O) groups is 1. The molecule has 0 radical (unpaired) electrons. The first kappa shape index (κ1) is 14.0. The highest BCUT2D eigenvalue weighted by atomic mass is 16.1. The Hall–Kier alpha value is -0.530. The molecule has 0 aromatic carbocycles. The van der Waals surface area contributed by atoms with Crippen molar-refractivity contribution in [2.75, 3.05) is 13.1 Å².